The number of nitro benzene ring substituents is 1. The van der Waals surface area contributed by atoms with Crippen LogP contribution >= 0.6 is 0 Å². The SMILES string of the molecule is COc1cc(NC(C)(CN)C(C)C)cc([N+](=O)[O-])c1. The summed E-state index contributed by atoms with van der Waals surface area (Å²) in [4.78, 5) is 10.4. The van der Waals surface area contributed by atoms with Crippen molar-refractivity contribution in [1.29, 1.82) is 0 Å². The summed E-state index contributed by atoms with van der Waals surface area (Å²) in [5, 5.41) is 14.2. The molecule has 3 N–H and O–H groups in total. The van der Waals surface area contributed by atoms with Gasteiger partial charge in [-0.25, -0.2) is 0 Å². The third kappa shape index (κ3) is 3.57. The molecule has 0 radical (unpaired) electrons. The third-order valence-electron chi connectivity index (χ3n) is 3.47. The zero-order valence-corrected chi connectivity index (χ0v) is 11.8. The van der Waals surface area contributed by atoms with Crippen LogP contribution in [0.25, 0.3) is 0 Å². The molecule has 1 aromatic rings. The fraction of sp³-hybridized carbons (Fsp3) is 0.538. The molecule has 1 rings (SSSR count). The minimum Gasteiger partial charge on any atom is -0.496 e. The van der Waals surface area contributed by atoms with Gasteiger partial charge < -0.3 is 15.8 Å². The highest BCUT2D eigenvalue weighted by Crippen LogP contribution is 2.29. The van der Waals surface area contributed by atoms with Crippen molar-refractivity contribution in [3.8, 4) is 5.75 Å². The van der Waals surface area contributed by atoms with Gasteiger partial charge in [0.15, 0.2) is 0 Å². The highest BCUT2D eigenvalue weighted by molar-refractivity contribution is 5.57. The van der Waals surface area contributed by atoms with Gasteiger partial charge in [-0.05, 0) is 12.8 Å². The molecule has 0 bridgehead atoms. The fourth-order valence-corrected chi connectivity index (χ4v) is 1.64. The van der Waals surface area contributed by atoms with Crippen molar-refractivity contribution < 1.29 is 9.66 Å². The molecule has 1 aromatic carbocycles. The Labute approximate surface area is 113 Å². The normalized spacial score (nSPS) is 14.0. The molecular weight excluding hydrogens is 246 g/mol. The van der Waals surface area contributed by atoms with Crippen LogP contribution in [-0.2, 0) is 0 Å². The largest absolute Gasteiger partial charge is 0.496 e. The molecular formula is C13H21N3O3. The van der Waals surface area contributed by atoms with Gasteiger partial charge in [0.25, 0.3) is 5.69 Å². The topological polar surface area (TPSA) is 90.4 Å². The number of hydrogen-bond donors (Lipinski definition) is 2. The van der Waals surface area contributed by atoms with Crippen LogP contribution < -0.4 is 15.8 Å². The first-order valence-electron chi connectivity index (χ1n) is 6.14. The fourth-order valence-electron chi connectivity index (χ4n) is 1.64. The van der Waals surface area contributed by atoms with E-state index in [0.29, 0.717) is 18.0 Å². The molecule has 0 saturated heterocycles. The summed E-state index contributed by atoms with van der Waals surface area (Å²) in [5.74, 6) is 0.725. The summed E-state index contributed by atoms with van der Waals surface area (Å²) in [6, 6.07) is 4.60. The molecule has 0 aliphatic carbocycles. The molecule has 0 saturated carbocycles. The predicted molar refractivity (Wildman–Crippen MR) is 75.6 cm³/mol. The molecule has 19 heavy (non-hydrogen) atoms. The van der Waals surface area contributed by atoms with Gasteiger partial charge in [-0.1, -0.05) is 13.8 Å². The number of non-ortho nitro benzene ring substituents is 1. The number of nitrogens with zero attached hydrogens (tertiary/aromatic N) is 1. The standard InChI is InChI=1S/C13H21N3O3/c1-9(2)13(3,8-14)15-10-5-11(16(17)18)7-12(6-10)19-4/h5-7,9,15H,8,14H2,1-4H3. The van der Waals surface area contributed by atoms with Crippen LogP contribution in [0, 0.1) is 16.0 Å². The van der Waals surface area contributed by atoms with Gasteiger partial charge in [-0.2, -0.15) is 0 Å². The number of benzene rings is 1. The van der Waals surface area contributed by atoms with Crippen LogP contribution in [0.1, 0.15) is 20.8 Å². The predicted octanol–water partition coefficient (Wildman–Crippen LogP) is 2.39. The molecule has 0 aromatic heterocycles. The summed E-state index contributed by atoms with van der Waals surface area (Å²) >= 11 is 0. The number of hydrogen-bond acceptors (Lipinski definition) is 5. The maximum absolute atomic E-state index is 10.9. The summed E-state index contributed by atoms with van der Waals surface area (Å²) < 4.78 is 5.08. The maximum Gasteiger partial charge on any atom is 0.275 e. The Morgan fingerprint density at radius 3 is 2.53 bits per heavy atom. The van der Waals surface area contributed by atoms with E-state index < -0.39 is 4.92 Å². The second-order valence-corrected chi connectivity index (χ2v) is 5.08. The second kappa shape index (κ2) is 5.88. The lowest BCUT2D eigenvalue weighted by molar-refractivity contribution is -0.384. The molecule has 1 unspecified atom stereocenters. The number of anilines is 1. The number of nitrogens with two attached hydrogens (primary N) is 1. The van der Waals surface area contributed by atoms with Gasteiger partial charge in [0.2, 0.25) is 0 Å². The number of nitro groups is 1. The van der Waals surface area contributed by atoms with Crippen LogP contribution in [0.15, 0.2) is 18.2 Å². The molecule has 6 heteroatoms. The van der Waals surface area contributed by atoms with Crippen molar-refractivity contribution in [3.05, 3.63) is 28.3 Å². The first kappa shape index (κ1) is 15.2. The molecule has 0 aliphatic heterocycles. The lowest BCUT2D eigenvalue weighted by Gasteiger charge is -2.34. The maximum atomic E-state index is 10.9. The monoisotopic (exact) mass is 267 g/mol. The van der Waals surface area contributed by atoms with Crippen molar-refractivity contribution in [1.82, 2.24) is 0 Å². The smallest absolute Gasteiger partial charge is 0.275 e. The van der Waals surface area contributed by atoms with Crippen LogP contribution in [0.4, 0.5) is 11.4 Å². The molecule has 106 valence electrons. The van der Waals surface area contributed by atoms with Gasteiger partial charge >= 0.3 is 0 Å². The lowest BCUT2D eigenvalue weighted by atomic mass is 9.88. The van der Waals surface area contributed by atoms with Crippen LogP contribution in [0.5, 0.6) is 5.75 Å². The van der Waals surface area contributed by atoms with Gasteiger partial charge in [-0.15, -0.1) is 0 Å². The van der Waals surface area contributed by atoms with E-state index in [1.165, 1.54) is 19.2 Å². The Morgan fingerprint density at radius 2 is 2.11 bits per heavy atom. The molecule has 1 atom stereocenters. The first-order valence-corrected chi connectivity index (χ1v) is 6.14. The number of nitrogens with one attached hydrogen (secondary N) is 1. The Kier molecular flexibility index (Phi) is 4.72. The van der Waals surface area contributed by atoms with Gasteiger partial charge in [0.1, 0.15) is 5.75 Å². The third-order valence-corrected chi connectivity index (χ3v) is 3.47. The van der Waals surface area contributed by atoms with Gasteiger partial charge in [0.05, 0.1) is 18.1 Å². The van der Waals surface area contributed by atoms with Crippen molar-refractivity contribution in [2.75, 3.05) is 19.0 Å². The minimum absolute atomic E-state index is 0.00928. The molecule has 0 amide bonds. The Balaban J connectivity index is 3.13. The highest BCUT2D eigenvalue weighted by atomic mass is 16.6. The second-order valence-electron chi connectivity index (χ2n) is 5.08. The van der Waals surface area contributed by atoms with Crippen molar-refractivity contribution >= 4 is 11.4 Å². The van der Waals surface area contributed by atoms with E-state index in [1.54, 1.807) is 6.07 Å². The minimum atomic E-state index is -0.442. The highest BCUT2D eigenvalue weighted by Gasteiger charge is 2.27. The Hall–Kier alpha value is -1.82. The van der Waals surface area contributed by atoms with Crippen LogP contribution in [0.2, 0.25) is 0 Å². The summed E-state index contributed by atoms with van der Waals surface area (Å²) in [7, 11) is 1.48. The van der Waals surface area contributed by atoms with E-state index in [0.717, 1.165) is 0 Å². The van der Waals surface area contributed by atoms with E-state index in [2.05, 4.69) is 19.2 Å². The Morgan fingerprint density at radius 1 is 1.47 bits per heavy atom. The van der Waals surface area contributed by atoms with E-state index >= 15 is 0 Å². The zero-order chi connectivity index (χ0) is 14.6. The molecule has 0 heterocycles. The van der Waals surface area contributed by atoms with E-state index in [1.807, 2.05) is 6.92 Å². The van der Waals surface area contributed by atoms with Gasteiger partial charge in [0, 0.05) is 29.9 Å². The Bertz CT molecular complexity index is 462. The molecule has 0 fully saturated rings. The number of rotatable bonds is 6. The average Bonchev–Trinajstić information content (AvgIpc) is 2.37. The first-order chi connectivity index (χ1) is 8.82. The summed E-state index contributed by atoms with van der Waals surface area (Å²) in [6.07, 6.45) is 0. The average molecular weight is 267 g/mol. The van der Waals surface area contributed by atoms with Crippen LogP contribution in [-0.4, -0.2) is 24.1 Å². The number of methoxy groups -OCH3 is 1. The summed E-state index contributed by atoms with van der Waals surface area (Å²) in [6.45, 7) is 6.52. The van der Waals surface area contributed by atoms with Crippen molar-refractivity contribution in [2.24, 2.45) is 11.7 Å². The van der Waals surface area contributed by atoms with E-state index in [4.69, 9.17) is 10.5 Å². The number of ether oxygens (including phenoxy) is 1. The van der Waals surface area contributed by atoms with E-state index in [9.17, 15) is 10.1 Å². The van der Waals surface area contributed by atoms with Crippen LogP contribution in [0.3, 0.4) is 0 Å². The summed E-state index contributed by atoms with van der Waals surface area (Å²) in [5.41, 5.74) is 6.09. The van der Waals surface area contributed by atoms with E-state index in [-0.39, 0.29) is 17.1 Å². The lowest BCUT2D eigenvalue weighted by Crippen LogP contribution is -2.47. The van der Waals surface area contributed by atoms with Crippen molar-refractivity contribution in [2.45, 2.75) is 26.3 Å². The quantitative estimate of drug-likeness (QED) is 0.610. The van der Waals surface area contributed by atoms with Gasteiger partial charge in [-0.3, -0.25) is 10.1 Å². The molecule has 6 nitrogen and oxygen atoms in total. The van der Waals surface area contributed by atoms with Crippen molar-refractivity contribution in [3.63, 3.8) is 0 Å². The molecule has 0 aliphatic rings. The zero-order valence-electron chi connectivity index (χ0n) is 11.8. The molecule has 0 spiro atoms.